The molecule has 1 N–H and O–H groups in total. The predicted molar refractivity (Wildman–Crippen MR) is 80.3 cm³/mol. The van der Waals surface area contributed by atoms with Crippen LogP contribution in [-0.2, 0) is 12.1 Å². The van der Waals surface area contributed by atoms with Gasteiger partial charge in [-0.15, -0.1) is 0 Å². The van der Waals surface area contributed by atoms with Crippen molar-refractivity contribution in [2.75, 3.05) is 0 Å². The average molecular weight is 344 g/mol. The van der Waals surface area contributed by atoms with Crippen LogP contribution in [0.2, 0.25) is 5.02 Å². The lowest BCUT2D eigenvalue weighted by Crippen LogP contribution is -2.27. The highest BCUT2D eigenvalue weighted by molar-refractivity contribution is 9.10. The number of nitrogens with zero attached hydrogens (tertiary/aromatic N) is 2. The summed E-state index contributed by atoms with van der Waals surface area (Å²) in [5.41, 5.74) is 0.239. The molecule has 0 amide bonds. The molecule has 1 heterocycles. The van der Waals surface area contributed by atoms with Gasteiger partial charge in [0.05, 0.1) is 16.9 Å². The Bertz CT molecular complexity index is 581. The Kier molecular flexibility index (Phi) is 4.33. The van der Waals surface area contributed by atoms with Gasteiger partial charge in [0.15, 0.2) is 0 Å². The van der Waals surface area contributed by atoms with E-state index in [4.69, 9.17) is 11.6 Å². The van der Waals surface area contributed by atoms with E-state index in [1.54, 1.807) is 17.8 Å². The minimum atomic E-state index is -1.17. The van der Waals surface area contributed by atoms with Crippen LogP contribution in [0, 0.1) is 0 Å². The third-order valence-corrected chi connectivity index (χ3v) is 3.85. The first-order chi connectivity index (χ1) is 8.96. The molecular formula is C14H16BrClN2O. The number of aromatic nitrogens is 2. The van der Waals surface area contributed by atoms with Gasteiger partial charge in [0, 0.05) is 11.0 Å². The number of rotatable bonds is 4. The van der Waals surface area contributed by atoms with Crippen molar-refractivity contribution in [3.8, 4) is 0 Å². The molecule has 1 aromatic carbocycles. The zero-order chi connectivity index (χ0) is 14.0. The molecule has 5 heteroatoms. The topological polar surface area (TPSA) is 38.0 Å². The molecule has 2 rings (SSSR count). The van der Waals surface area contributed by atoms with E-state index < -0.39 is 5.60 Å². The summed E-state index contributed by atoms with van der Waals surface area (Å²) in [6.45, 7) is 4.53. The molecule has 0 radical (unpaired) electrons. The van der Waals surface area contributed by atoms with Crippen LogP contribution in [0.3, 0.4) is 0 Å². The largest absolute Gasteiger partial charge is 0.379 e. The summed E-state index contributed by atoms with van der Waals surface area (Å²) < 4.78 is 2.69. The fourth-order valence-electron chi connectivity index (χ4n) is 2.16. The highest BCUT2D eigenvalue weighted by Gasteiger charge is 2.32. The lowest BCUT2D eigenvalue weighted by atomic mass is 9.92. The second-order valence-electron chi connectivity index (χ2n) is 4.65. The Morgan fingerprint density at radius 1 is 1.47 bits per heavy atom. The van der Waals surface area contributed by atoms with Crippen LogP contribution in [-0.4, -0.2) is 14.9 Å². The first kappa shape index (κ1) is 14.6. The van der Waals surface area contributed by atoms with Gasteiger partial charge in [-0.3, -0.25) is 4.68 Å². The van der Waals surface area contributed by atoms with Crippen LogP contribution >= 0.6 is 27.5 Å². The fourth-order valence-corrected chi connectivity index (χ4v) is 2.88. The number of benzene rings is 1. The summed E-state index contributed by atoms with van der Waals surface area (Å²) in [5.74, 6) is 0. The van der Waals surface area contributed by atoms with E-state index in [1.165, 1.54) is 0 Å². The molecular weight excluding hydrogens is 328 g/mol. The van der Waals surface area contributed by atoms with Crippen molar-refractivity contribution in [1.29, 1.82) is 0 Å². The maximum Gasteiger partial charge on any atom is 0.130 e. The Balaban J connectivity index is 2.52. The molecule has 1 atom stereocenters. The maximum absolute atomic E-state index is 10.9. The number of halogens is 2. The van der Waals surface area contributed by atoms with Gasteiger partial charge in [-0.2, -0.15) is 5.10 Å². The maximum atomic E-state index is 10.9. The van der Waals surface area contributed by atoms with Crippen LogP contribution in [0.25, 0.3) is 0 Å². The van der Waals surface area contributed by atoms with Crippen LogP contribution in [0.5, 0.6) is 0 Å². The molecule has 1 aromatic heterocycles. The van der Waals surface area contributed by atoms with Crippen molar-refractivity contribution in [2.45, 2.75) is 32.4 Å². The highest BCUT2D eigenvalue weighted by atomic mass is 79.9. The SMILES string of the molecule is CCCn1ncc(Cl)c1C(C)(O)c1cccc(Br)c1. The van der Waals surface area contributed by atoms with Gasteiger partial charge in [0.2, 0.25) is 0 Å². The van der Waals surface area contributed by atoms with Crippen LogP contribution in [0.15, 0.2) is 34.9 Å². The van der Waals surface area contributed by atoms with Crippen molar-refractivity contribution in [3.05, 3.63) is 51.2 Å². The van der Waals surface area contributed by atoms with E-state index in [0.29, 0.717) is 10.7 Å². The van der Waals surface area contributed by atoms with Gasteiger partial charge in [0.1, 0.15) is 5.60 Å². The van der Waals surface area contributed by atoms with Gasteiger partial charge in [0.25, 0.3) is 0 Å². The van der Waals surface area contributed by atoms with Crippen molar-refractivity contribution in [3.63, 3.8) is 0 Å². The molecule has 19 heavy (non-hydrogen) atoms. The van der Waals surface area contributed by atoms with Crippen molar-refractivity contribution < 1.29 is 5.11 Å². The second kappa shape index (κ2) is 5.65. The molecule has 0 saturated carbocycles. The molecule has 102 valence electrons. The quantitative estimate of drug-likeness (QED) is 0.912. The van der Waals surface area contributed by atoms with Gasteiger partial charge in [-0.25, -0.2) is 0 Å². The van der Waals surface area contributed by atoms with Gasteiger partial charge >= 0.3 is 0 Å². The zero-order valence-electron chi connectivity index (χ0n) is 10.9. The first-order valence-corrected chi connectivity index (χ1v) is 7.34. The summed E-state index contributed by atoms with van der Waals surface area (Å²) >= 11 is 9.62. The van der Waals surface area contributed by atoms with Crippen molar-refractivity contribution in [1.82, 2.24) is 9.78 Å². The third-order valence-electron chi connectivity index (χ3n) is 3.08. The molecule has 1 unspecified atom stereocenters. The van der Waals surface area contributed by atoms with Crippen LogP contribution < -0.4 is 0 Å². The molecule has 0 fully saturated rings. The van der Waals surface area contributed by atoms with Gasteiger partial charge in [-0.1, -0.05) is 46.6 Å². The average Bonchev–Trinajstić information content (AvgIpc) is 2.71. The highest BCUT2D eigenvalue weighted by Crippen LogP contribution is 2.34. The van der Waals surface area contributed by atoms with Crippen LogP contribution in [0.4, 0.5) is 0 Å². The standard InChI is InChI=1S/C14H16BrClN2O/c1-3-7-18-13(12(16)9-17-18)14(2,19)10-5-4-6-11(15)8-10/h4-6,8-9,19H,3,7H2,1-2H3. The molecule has 0 aliphatic rings. The van der Waals surface area contributed by atoms with Crippen molar-refractivity contribution in [2.24, 2.45) is 0 Å². The van der Waals surface area contributed by atoms with Crippen molar-refractivity contribution >= 4 is 27.5 Å². The lowest BCUT2D eigenvalue weighted by molar-refractivity contribution is 0.0914. The number of aliphatic hydroxyl groups is 1. The first-order valence-electron chi connectivity index (χ1n) is 6.17. The van der Waals surface area contributed by atoms with E-state index in [2.05, 4.69) is 28.0 Å². The Morgan fingerprint density at radius 3 is 2.84 bits per heavy atom. The third kappa shape index (κ3) is 2.86. The summed E-state index contributed by atoms with van der Waals surface area (Å²) in [7, 11) is 0. The van der Waals surface area contributed by atoms with Crippen LogP contribution in [0.1, 0.15) is 31.5 Å². The zero-order valence-corrected chi connectivity index (χ0v) is 13.2. The summed E-state index contributed by atoms with van der Waals surface area (Å²) in [6.07, 6.45) is 2.51. The number of hydrogen-bond donors (Lipinski definition) is 1. The molecule has 2 aromatic rings. The van der Waals surface area contributed by atoms with E-state index >= 15 is 0 Å². The fraction of sp³-hybridized carbons (Fsp3) is 0.357. The predicted octanol–water partition coefficient (Wildman–Crippen LogP) is 3.96. The molecule has 3 nitrogen and oxygen atoms in total. The minimum absolute atomic E-state index is 0.485. The van der Waals surface area contributed by atoms with E-state index in [9.17, 15) is 5.11 Å². The van der Waals surface area contributed by atoms with Gasteiger partial charge < -0.3 is 5.11 Å². The Hall–Kier alpha value is -0.840. The van der Waals surface area contributed by atoms with E-state index in [-0.39, 0.29) is 0 Å². The Labute approximate surface area is 126 Å². The molecule has 0 bridgehead atoms. The van der Waals surface area contributed by atoms with E-state index in [0.717, 1.165) is 23.0 Å². The summed E-state index contributed by atoms with van der Waals surface area (Å²) in [5, 5.41) is 15.6. The monoisotopic (exact) mass is 342 g/mol. The number of aryl methyl sites for hydroxylation is 1. The second-order valence-corrected chi connectivity index (χ2v) is 5.97. The molecule has 0 aliphatic carbocycles. The summed E-state index contributed by atoms with van der Waals surface area (Å²) in [4.78, 5) is 0. The lowest BCUT2D eigenvalue weighted by Gasteiger charge is -2.25. The summed E-state index contributed by atoms with van der Waals surface area (Å²) in [6, 6.07) is 7.58. The molecule has 0 spiro atoms. The molecule has 0 aliphatic heterocycles. The smallest absolute Gasteiger partial charge is 0.130 e. The van der Waals surface area contributed by atoms with Gasteiger partial charge in [-0.05, 0) is 31.0 Å². The minimum Gasteiger partial charge on any atom is -0.379 e. The Morgan fingerprint density at radius 2 is 2.21 bits per heavy atom. The number of hydrogen-bond acceptors (Lipinski definition) is 2. The molecule has 0 saturated heterocycles. The van der Waals surface area contributed by atoms with E-state index in [1.807, 2.05) is 24.3 Å². The normalized spacial score (nSPS) is 14.4.